The summed E-state index contributed by atoms with van der Waals surface area (Å²) in [7, 11) is 1.65. The van der Waals surface area contributed by atoms with Gasteiger partial charge >= 0.3 is 0 Å². The lowest BCUT2D eigenvalue weighted by Gasteiger charge is -2.14. The first-order valence-electron chi connectivity index (χ1n) is 6.43. The summed E-state index contributed by atoms with van der Waals surface area (Å²) in [6.07, 6.45) is 1.67. The highest BCUT2D eigenvalue weighted by atomic mass is 79.9. The molecule has 0 spiro atoms. The highest BCUT2D eigenvalue weighted by molar-refractivity contribution is 9.10. The van der Waals surface area contributed by atoms with E-state index in [0.29, 0.717) is 0 Å². The first kappa shape index (κ1) is 15.0. The molecule has 1 atom stereocenters. The van der Waals surface area contributed by atoms with Crippen molar-refractivity contribution in [3.8, 4) is 5.75 Å². The van der Waals surface area contributed by atoms with Crippen LogP contribution in [0, 0.1) is 5.82 Å². The monoisotopic (exact) mass is 337 g/mol. The quantitative estimate of drug-likeness (QED) is 0.886. The molecule has 2 aromatic rings. The Kier molecular flexibility index (Phi) is 5.15. The molecule has 0 radical (unpaired) electrons. The summed E-state index contributed by atoms with van der Waals surface area (Å²) >= 11 is 3.36. The molecule has 0 saturated carbocycles. The smallest absolute Gasteiger partial charge is 0.124 e. The van der Waals surface area contributed by atoms with Gasteiger partial charge in [-0.3, -0.25) is 0 Å². The van der Waals surface area contributed by atoms with E-state index in [1.54, 1.807) is 13.2 Å². The number of nitrogens with two attached hydrogens (primary N) is 1. The average molecular weight is 338 g/mol. The molecule has 0 bridgehead atoms. The lowest BCUT2D eigenvalue weighted by molar-refractivity contribution is 0.414. The minimum atomic E-state index is -0.261. The number of benzene rings is 2. The van der Waals surface area contributed by atoms with Gasteiger partial charge in [0.25, 0.3) is 0 Å². The summed E-state index contributed by atoms with van der Waals surface area (Å²) in [5.74, 6) is 0.585. The average Bonchev–Trinajstić information content (AvgIpc) is 2.45. The predicted molar refractivity (Wildman–Crippen MR) is 82.3 cm³/mol. The molecule has 20 heavy (non-hydrogen) atoms. The van der Waals surface area contributed by atoms with Gasteiger partial charge in [-0.05, 0) is 48.2 Å². The van der Waals surface area contributed by atoms with E-state index >= 15 is 0 Å². The molecule has 0 aliphatic heterocycles. The molecular weight excluding hydrogens is 321 g/mol. The van der Waals surface area contributed by atoms with Crippen molar-refractivity contribution >= 4 is 15.9 Å². The van der Waals surface area contributed by atoms with Crippen LogP contribution < -0.4 is 10.5 Å². The molecule has 0 aromatic heterocycles. The van der Waals surface area contributed by atoms with Gasteiger partial charge < -0.3 is 10.5 Å². The van der Waals surface area contributed by atoms with Crippen LogP contribution in [0.5, 0.6) is 5.75 Å². The number of aryl methyl sites for hydroxylation is 1. The van der Waals surface area contributed by atoms with E-state index in [0.717, 1.165) is 28.6 Å². The van der Waals surface area contributed by atoms with Crippen LogP contribution in [0.2, 0.25) is 0 Å². The van der Waals surface area contributed by atoms with Crippen LogP contribution in [-0.4, -0.2) is 7.11 Å². The Labute approximate surface area is 126 Å². The zero-order chi connectivity index (χ0) is 14.5. The second kappa shape index (κ2) is 6.86. The predicted octanol–water partition coefficient (Wildman–Crippen LogP) is 4.23. The largest absolute Gasteiger partial charge is 0.497 e. The van der Waals surface area contributed by atoms with Crippen molar-refractivity contribution in [2.24, 2.45) is 5.73 Å². The minimum absolute atomic E-state index is 0.118. The molecule has 0 aliphatic rings. The molecule has 0 amide bonds. The Balaban J connectivity index is 1.98. The molecule has 0 heterocycles. The summed E-state index contributed by atoms with van der Waals surface area (Å²) in [4.78, 5) is 0. The van der Waals surface area contributed by atoms with Crippen LogP contribution in [0.1, 0.15) is 23.6 Å². The van der Waals surface area contributed by atoms with Gasteiger partial charge in [0.1, 0.15) is 11.6 Å². The molecule has 0 saturated heterocycles. The molecular formula is C16H17BrFNO. The number of halogens is 2. The van der Waals surface area contributed by atoms with Gasteiger partial charge in [-0.1, -0.05) is 34.1 Å². The summed E-state index contributed by atoms with van der Waals surface area (Å²) in [5, 5.41) is 0. The summed E-state index contributed by atoms with van der Waals surface area (Å²) in [5.41, 5.74) is 8.31. The van der Waals surface area contributed by atoms with E-state index in [9.17, 15) is 4.39 Å². The molecule has 2 aromatic carbocycles. The molecule has 2 nitrogen and oxygen atoms in total. The van der Waals surface area contributed by atoms with Crippen LogP contribution in [0.3, 0.4) is 0 Å². The first-order valence-corrected chi connectivity index (χ1v) is 7.23. The van der Waals surface area contributed by atoms with Crippen LogP contribution in [0.25, 0.3) is 0 Å². The SMILES string of the molecule is COc1ccc(CCC(N)c2ccc(F)cc2Br)cc1. The van der Waals surface area contributed by atoms with Crippen molar-refractivity contribution < 1.29 is 9.13 Å². The second-order valence-corrected chi connectivity index (χ2v) is 5.51. The standard InChI is InChI=1S/C16H17BrFNO/c1-20-13-6-2-11(3-7-13)4-9-16(19)14-8-5-12(18)10-15(14)17/h2-3,5-8,10,16H,4,9,19H2,1H3. The zero-order valence-corrected chi connectivity index (χ0v) is 12.9. The highest BCUT2D eigenvalue weighted by Gasteiger charge is 2.10. The first-order chi connectivity index (χ1) is 9.60. The molecule has 4 heteroatoms. The topological polar surface area (TPSA) is 35.2 Å². The van der Waals surface area contributed by atoms with Crippen LogP contribution in [-0.2, 0) is 6.42 Å². The Morgan fingerprint density at radius 2 is 1.90 bits per heavy atom. The fraction of sp³-hybridized carbons (Fsp3) is 0.250. The number of methoxy groups -OCH3 is 1. The third-order valence-electron chi connectivity index (χ3n) is 3.27. The fourth-order valence-corrected chi connectivity index (χ4v) is 2.72. The molecule has 106 valence electrons. The maximum absolute atomic E-state index is 13.1. The van der Waals surface area contributed by atoms with E-state index in [4.69, 9.17) is 10.5 Å². The number of hydrogen-bond donors (Lipinski definition) is 1. The van der Waals surface area contributed by atoms with Gasteiger partial charge in [0.05, 0.1) is 7.11 Å². The second-order valence-electron chi connectivity index (χ2n) is 4.66. The molecule has 2 rings (SSSR count). The lowest BCUT2D eigenvalue weighted by Crippen LogP contribution is -2.12. The lowest BCUT2D eigenvalue weighted by atomic mass is 10.00. The van der Waals surface area contributed by atoms with Crippen molar-refractivity contribution in [3.63, 3.8) is 0 Å². The van der Waals surface area contributed by atoms with Gasteiger partial charge in [0, 0.05) is 10.5 Å². The van der Waals surface area contributed by atoms with E-state index in [1.165, 1.54) is 17.7 Å². The summed E-state index contributed by atoms with van der Waals surface area (Å²) < 4.78 is 18.9. The number of hydrogen-bond acceptors (Lipinski definition) is 2. The van der Waals surface area contributed by atoms with Crippen molar-refractivity contribution in [2.75, 3.05) is 7.11 Å². The van der Waals surface area contributed by atoms with E-state index in [1.807, 2.05) is 24.3 Å². The van der Waals surface area contributed by atoms with Gasteiger partial charge in [-0.2, -0.15) is 0 Å². The Morgan fingerprint density at radius 3 is 2.50 bits per heavy atom. The fourth-order valence-electron chi connectivity index (χ4n) is 2.07. The maximum Gasteiger partial charge on any atom is 0.124 e. The minimum Gasteiger partial charge on any atom is -0.497 e. The van der Waals surface area contributed by atoms with Crippen molar-refractivity contribution in [1.82, 2.24) is 0 Å². The third-order valence-corrected chi connectivity index (χ3v) is 3.95. The van der Waals surface area contributed by atoms with Crippen molar-refractivity contribution in [3.05, 3.63) is 63.9 Å². The molecule has 2 N–H and O–H groups in total. The van der Waals surface area contributed by atoms with Crippen LogP contribution in [0.15, 0.2) is 46.9 Å². The van der Waals surface area contributed by atoms with Crippen molar-refractivity contribution in [1.29, 1.82) is 0 Å². The van der Waals surface area contributed by atoms with Gasteiger partial charge in [-0.15, -0.1) is 0 Å². The zero-order valence-electron chi connectivity index (χ0n) is 11.3. The number of rotatable bonds is 5. The number of ether oxygens (including phenoxy) is 1. The van der Waals surface area contributed by atoms with E-state index in [2.05, 4.69) is 15.9 Å². The molecule has 1 unspecified atom stereocenters. The molecule has 0 fully saturated rings. The van der Waals surface area contributed by atoms with Gasteiger partial charge in [0.2, 0.25) is 0 Å². The summed E-state index contributed by atoms with van der Waals surface area (Å²) in [6.45, 7) is 0. The van der Waals surface area contributed by atoms with E-state index < -0.39 is 0 Å². The summed E-state index contributed by atoms with van der Waals surface area (Å²) in [6, 6.07) is 12.4. The highest BCUT2D eigenvalue weighted by Crippen LogP contribution is 2.26. The van der Waals surface area contributed by atoms with Crippen LogP contribution in [0.4, 0.5) is 4.39 Å². The normalized spacial score (nSPS) is 12.2. The third kappa shape index (κ3) is 3.81. The van der Waals surface area contributed by atoms with Gasteiger partial charge in [-0.25, -0.2) is 4.39 Å². The Bertz CT molecular complexity index is 571. The van der Waals surface area contributed by atoms with Crippen LogP contribution >= 0.6 is 15.9 Å². The van der Waals surface area contributed by atoms with E-state index in [-0.39, 0.29) is 11.9 Å². The van der Waals surface area contributed by atoms with Crippen molar-refractivity contribution in [2.45, 2.75) is 18.9 Å². The Morgan fingerprint density at radius 1 is 1.20 bits per heavy atom. The Hall–Kier alpha value is -1.39. The van der Waals surface area contributed by atoms with Gasteiger partial charge in [0.15, 0.2) is 0 Å². The molecule has 0 aliphatic carbocycles. The maximum atomic E-state index is 13.1.